The number of methoxy groups -OCH3 is 1. The van der Waals surface area contributed by atoms with Crippen LogP contribution in [0.1, 0.15) is 12.0 Å². The molecular formula is C14H19NO4. The average Bonchev–Trinajstić information content (AvgIpc) is 2.76. The Kier molecular flexibility index (Phi) is 4.39. The Morgan fingerprint density at radius 3 is 2.58 bits per heavy atom. The summed E-state index contributed by atoms with van der Waals surface area (Å²) in [6, 6.07) is 7.59. The second kappa shape index (κ2) is 6.04. The highest BCUT2D eigenvalue weighted by Crippen LogP contribution is 2.20. The van der Waals surface area contributed by atoms with Crippen molar-refractivity contribution in [2.24, 2.45) is 0 Å². The molecule has 104 valence electrons. The van der Waals surface area contributed by atoms with E-state index in [0.29, 0.717) is 12.8 Å². The van der Waals surface area contributed by atoms with Crippen LogP contribution in [0.2, 0.25) is 0 Å². The van der Waals surface area contributed by atoms with Crippen molar-refractivity contribution in [3.05, 3.63) is 29.8 Å². The van der Waals surface area contributed by atoms with Crippen LogP contribution in [0.15, 0.2) is 24.3 Å². The molecule has 1 aromatic carbocycles. The normalized spacial score (nSPS) is 22.6. The molecule has 0 aliphatic carbocycles. The molecular weight excluding hydrogens is 246 g/mol. The van der Waals surface area contributed by atoms with Gasteiger partial charge in [0, 0.05) is 19.5 Å². The highest BCUT2D eigenvalue weighted by molar-refractivity contribution is 5.77. The first-order valence-electron chi connectivity index (χ1n) is 6.37. The lowest BCUT2D eigenvalue weighted by Gasteiger charge is -2.15. The van der Waals surface area contributed by atoms with Crippen molar-refractivity contribution in [3.63, 3.8) is 0 Å². The molecule has 0 aromatic heterocycles. The molecule has 5 heteroatoms. The Labute approximate surface area is 112 Å². The third kappa shape index (κ3) is 3.24. The fourth-order valence-electron chi connectivity index (χ4n) is 2.28. The Balaban J connectivity index is 1.90. The molecule has 5 nitrogen and oxygen atoms in total. The lowest BCUT2D eigenvalue weighted by molar-refractivity contribution is -0.130. The summed E-state index contributed by atoms with van der Waals surface area (Å²) in [5.41, 5.74) is 0.985. The predicted octanol–water partition coefficient (Wildman–Crippen LogP) is 0.192. The summed E-state index contributed by atoms with van der Waals surface area (Å²) in [4.78, 5) is 13.5. The summed E-state index contributed by atoms with van der Waals surface area (Å²) in [5.74, 6) is 0.721. The van der Waals surface area contributed by atoms with E-state index in [1.807, 2.05) is 24.3 Å². The smallest absolute Gasteiger partial charge is 0.223 e. The monoisotopic (exact) mass is 265 g/mol. The number of likely N-dealkylation sites (tertiary alicyclic amines) is 1. The van der Waals surface area contributed by atoms with E-state index < -0.39 is 12.2 Å². The average molecular weight is 265 g/mol. The molecule has 1 aliphatic rings. The number of aliphatic hydroxyl groups excluding tert-OH is 2. The number of amides is 1. The highest BCUT2D eigenvalue weighted by atomic mass is 16.5. The quantitative estimate of drug-likeness (QED) is 0.815. The summed E-state index contributed by atoms with van der Waals surface area (Å²) >= 11 is 0. The van der Waals surface area contributed by atoms with Crippen molar-refractivity contribution in [2.45, 2.75) is 25.0 Å². The van der Waals surface area contributed by atoms with Crippen molar-refractivity contribution in [3.8, 4) is 5.75 Å². The van der Waals surface area contributed by atoms with E-state index in [-0.39, 0.29) is 19.0 Å². The number of rotatable bonds is 4. The topological polar surface area (TPSA) is 70.0 Å². The number of benzene rings is 1. The fourth-order valence-corrected chi connectivity index (χ4v) is 2.28. The second-order valence-electron chi connectivity index (χ2n) is 4.75. The predicted molar refractivity (Wildman–Crippen MR) is 69.9 cm³/mol. The van der Waals surface area contributed by atoms with Crippen LogP contribution in [0, 0.1) is 0 Å². The van der Waals surface area contributed by atoms with E-state index >= 15 is 0 Å². The summed E-state index contributed by atoms with van der Waals surface area (Å²) in [7, 11) is 1.61. The van der Waals surface area contributed by atoms with Gasteiger partial charge < -0.3 is 19.8 Å². The van der Waals surface area contributed by atoms with E-state index in [1.165, 1.54) is 4.90 Å². The molecule has 2 unspecified atom stereocenters. The second-order valence-corrected chi connectivity index (χ2v) is 4.75. The molecule has 0 saturated carbocycles. The Bertz CT molecular complexity index is 439. The maximum Gasteiger partial charge on any atom is 0.223 e. The molecule has 1 aromatic rings. The van der Waals surface area contributed by atoms with Gasteiger partial charge in [-0.15, -0.1) is 0 Å². The van der Waals surface area contributed by atoms with Crippen molar-refractivity contribution in [2.75, 3.05) is 20.2 Å². The van der Waals surface area contributed by atoms with Gasteiger partial charge in [0.25, 0.3) is 0 Å². The van der Waals surface area contributed by atoms with Crippen LogP contribution < -0.4 is 4.74 Å². The van der Waals surface area contributed by atoms with Crippen LogP contribution in [0.3, 0.4) is 0 Å². The molecule has 1 heterocycles. The van der Waals surface area contributed by atoms with Crippen LogP contribution in [-0.2, 0) is 11.2 Å². The van der Waals surface area contributed by atoms with Crippen LogP contribution in [0.25, 0.3) is 0 Å². The van der Waals surface area contributed by atoms with E-state index in [9.17, 15) is 15.0 Å². The fraction of sp³-hybridized carbons (Fsp3) is 0.500. The molecule has 0 bridgehead atoms. The molecule has 1 saturated heterocycles. The van der Waals surface area contributed by atoms with Crippen molar-refractivity contribution >= 4 is 5.91 Å². The summed E-state index contributed by atoms with van der Waals surface area (Å²) in [6.45, 7) is 0.428. The van der Waals surface area contributed by atoms with Gasteiger partial charge in [-0.1, -0.05) is 18.2 Å². The zero-order chi connectivity index (χ0) is 13.8. The zero-order valence-electron chi connectivity index (χ0n) is 11.0. The minimum atomic E-state index is -0.824. The minimum absolute atomic E-state index is 0.0542. The van der Waals surface area contributed by atoms with Gasteiger partial charge in [0.1, 0.15) is 5.75 Å². The number of nitrogens with zero attached hydrogens (tertiary/aromatic N) is 1. The molecule has 0 spiro atoms. The van der Waals surface area contributed by atoms with E-state index in [0.717, 1.165) is 11.3 Å². The number of carbonyl (C=O) groups excluding carboxylic acids is 1. The number of carbonyl (C=O) groups is 1. The van der Waals surface area contributed by atoms with Crippen molar-refractivity contribution < 1.29 is 19.7 Å². The lowest BCUT2D eigenvalue weighted by atomic mass is 10.1. The first-order valence-corrected chi connectivity index (χ1v) is 6.37. The number of hydrogen-bond donors (Lipinski definition) is 2. The number of ether oxygens (including phenoxy) is 1. The molecule has 19 heavy (non-hydrogen) atoms. The van der Waals surface area contributed by atoms with Gasteiger partial charge >= 0.3 is 0 Å². The molecule has 1 aliphatic heterocycles. The van der Waals surface area contributed by atoms with Gasteiger partial charge in [-0.05, 0) is 18.1 Å². The SMILES string of the molecule is COc1ccccc1CCC(=O)N1CC(O)C(O)C1. The number of aliphatic hydroxyl groups is 2. The number of para-hydroxylation sites is 1. The largest absolute Gasteiger partial charge is 0.496 e. The highest BCUT2D eigenvalue weighted by Gasteiger charge is 2.32. The van der Waals surface area contributed by atoms with Gasteiger partial charge in [0.15, 0.2) is 0 Å². The molecule has 2 rings (SSSR count). The van der Waals surface area contributed by atoms with E-state index in [1.54, 1.807) is 7.11 Å². The summed E-state index contributed by atoms with van der Waals surface area (Å²) in [5, 5.41) is 18.8. The third-order valence-electron chi connectivity index (χ3n) is 3.41. The summed E-state index contributed by atoms with van der Waals surface area (Å²) in [6.07, 6.45) is -0.712. The number of aryl methyl sites for hydroxylation is 1. The molecule has 1 amide bonds. The van der Waals surface area contributed by atoms with Gasteiger partial charge in [-0.25, -0.2) is 0 Å². The zero-order valence-corrected chi connectivity index (χ0v) is 11.0. The van der Waals surface area contributed by atoms with E-state index in [4.69, 9.17) is 4.74 Å². The van der Waals surface area contributed by atoms with Crippen LogP contribution >= 0.6 is 0 Å². The van der Waals surface area contributed by atoms with Crippen molar-refractivity contribution in [1.82, 2.24) is 4.90 Å². The van der Waals surface area contributed by atoms with Crippen LogP contribution in [0.4, 0.5) is 0 Å². The number of β-amino-alcohol motifs (C(OH)–C–C–N with tert-alkyl or cyclic N) is 2. The Hall–Kier alpha value is -1.59. The molecule has 2 atom stereocenters. The van der Waals surface area contributed by atoms with E-state index in [2.05, 4.69) is 0 Å². The summed E-state index contributed by atoms with van der Waals surface area (Å²) < 4.78 is 5.23. The van der Waals surface area contributed by atoms with Gasteiger partial charge in [0.05, 0.1) is 19.3 Å². The maximum atomic E-state index is 12.0. The van der Waals surface area contributed by atoms with Gasteiger partial charge in [-0.3, -0.25) is 4.79 Å². The third-order valence-corrected chi connectivity index (χ3v) is 3.41. The molecule has 1 fully saturated rings. The standard InChI is InChI=1S/C14H19NO4/c1-19-13-5-3-2-4-10(13)6-7-14(18)15-8-11(16)12(17)9-15/h2-5,11-12,16-17H,6-9H2,1H3. The lowest BCUT2D eigenvalue weighted by Crippen LogP contribution is -2.29. The first-order chi connectivity index (χ1) is 9.11. The molecule has 2 N–H and O–H groups in total. The Morgan fingerprint density at radius 2 is 1.95 bits per heavy atom. The molecule has 0 radical (unpaired) electrons. The minimum Gasteiger partial charge on any atom is -0.496 e. The van der Waals surface area contributed by atoms with Crippen LogP contribution in [0.5, 0.6) is 5.75 Å². The van der Waals surface area contributed by atoms with Crippen LogP contribution in [-0.4, -0.2) is 53.4 Å². The van der Waals surface area contributed by atoms with Gasteiger partial charge in [-0.2, -0.15) is 0 Å². The van der Waals surface area contributed by atoms with Gasteiger partial charge in [0.2, 0.25) is 5.91 Å². The first kappa shape index (κ1) is 13.8. The van der Waals surface area contributed by atoms with Crippen molar-refractivity contribution in [1.29, 1.82) is 0 Å². The maximum absolute atomic E-state index is 12.0. The number of hydrogen-bond acceptors (Lipinski definition) is 4. The Morgan fingerprint density at radius 1 is 1.32 bits per heavy atom.